The predicted octanol–water partition coefficient (Wildman–Crippen LogP) is 3.09. The summed E-state index contributed by atoms with van der Waals surface area (Å²) in [4.78, 5) is 29.2. The van der Waals surface area contributed by atoms with Crippen LogP contribution in [0.2, 0.25) is 0 Å². The number of aromatic carboxylic acids is 1. The van der Waals surface area contributed by atoms with Crippen molar-refractivity contribution in [3.63, 3.8) is 0 Å². The van der Waals surface area contributed by atoms with Crippen molar-refractivity contribution in [1.82, 2.24) is 10.4 Å². The summed E-state index contributed by atoms with van der Waals surface area (Å²) in [7, 11) is 0. The normalized spacial score (nSPS) is 11.0. The fraction of sp³-hybridized carbons (Fsp3) is 0. The summed E-state index contributed by atoms with van der Waals surface area (Å²) in [6, 6.07) is 19.1. The van der Waals surface area contributed by atoms with Crippen LogP contribution in [0.1, 0.15) is 26.3 Å². The van der Waals surface area contributed by atoms with Gasteiger partial charge in [0.25, 0.3) is 5.91 Å². The van der Waals surface area contributed by atoms with E-state index in [-0.39, 0.29) is 11.5 Å². The molecule has 29 heavy (non-hydrogen) atoms. The van der Waals surface area contributed by atoms with E-state index in [2.05, 4.69) is 15.5 Å². The van der Waals surface area contributed by atoms with Crippen LogP contribution in [0.4, 0.5) is 0 Å². The molecule has 4 rings (SSSR count). The van der Waals surface area contributed by atoms with Crippen molar-refractivity contribution in [1.29, 1.82) is 0 Å². The molecule has 0 aliphatic heterocycles. The fourth-order valence-electron chi connectivity index (χ4n) is 2.84. The summed E-state index contributed by atoms with van der Waals surface area (Å²) in [5.74, 6) is -1.60. The third-order valence-electron chi connectivity index (χ3n) is 4.26. The molecule has 0 atom stereocenters. The van der Waals surface area contributed by atoms with Crippen LogP contribution in [0.5, 0.6) is 0 Å². The van der Waals surface area contributed by atoms with E-state index in [1.807, 2.05) is 41.8 Å². The van der Waals surface area contributed by atoms with Gasteiger partial charge >= 0.3 is 0 Å². The molecule has 142 valence electrons. The first-order valence-electron chi connectivity index (χ1n) is 8.70. The number of nitrogens with one attached hydrogen (secondary N) is 1. The zero-order valence-corrected chi connectivity index (χ0v) is 15.8. The summed E-state index contributed by atoms with van der Waals surface area (Å²) in [6.07, 6.45) is 1.44. The summed E-state index contributed by atoms with van der Waals surface area (Å²) in [5, 5.41) is 17.5. The van der Waals surface area contributed by atoms with Gasteiger partial charge in [-0.25, -0.2) is 10.4 Å². The molecule has 0 saturated carbocycles. The van der Waals surface area contributed by atoms with Crippen molar-refractivity contribution in [2.24, 2.45) is 5.10 Å². The molecule has 0 aliphatic carbocycles. The largest absolute Gasteiger partial charge is 0.545 e. The molecular weight excluding hydrogens is 386 g/mol. The number of carboxylic acids is 1. The maximum Gasteiger partial charge on any atom is 0.272 e. The molecule has 0 radical (unpaired) electrons. The van der Waals surface area contributed by atoms with Gasteiger partial charge in [-0.2, -0.15) is 5.10 Å². The first-order chi connectivity index (χ1) is 14.1. The fourth-order valence-corrected chi connectivity index (χ4v) is 3.53. The quantitative estimate of drug-likeness (QED) is 0.411. The van der Waals surface area contributed by atoms with E-state index in [9.17, 15) is 14.7 Å². The van der Waals surface area contributed by atoms with Crippen LogP contribution >= 0.6 is 11.3 Å². The standard InChI is InChI=1S/C22H15N3O3S/c26-21(25-23-13-14-7-9-15(10-8-14)22(27)28)17-12-19(20-6-3-11-29-20)24-18-5-2-1-4-16(17)18/h1-13H,(H,25,26)(H,27,28)/p-1/b23-13-. The number of carboxylic acid groups (broad SMARTS) is 1. The Morgan fingerprint density at radius 2 is 1.83 bits per heavy atom. The van der Waals surface area contributed by atoms with Crippen molar-refractivity contribution < 1.29 is 14.7 Å². The Morgan fingerprint density at radius 1 is 1.03 bits per heavy atom. The highest BCUT2D eigenvalue weighted by atomic mass is 32.1. The molecule has 0 aliphatic rings. The number of rotatable bonds is 5. The predicted molar refractivity (Wildman–Crippen MR) is 111 cm³/mol. The second-order valence-corrected chi connectivity index (χ2v) is 7.11. The van der Waals surface area contributed by atoms with Crippen molar-refractivity contribution >= 4 is 40.3 Å². The Labute approximate surface area is 170 Å². The molecular formula is C22H14N3O3S-. The van der Waals surface area contributed by atoms with Crippen LogP contribution in [0, 0.1) is 0 Å². The van der Waals surface area contributed by atoms with Crippen molar-refractivity contribution in [2.45, 2.75) is 0 Å². The lowest BCUT2D eigenvalue weighted by atomic mass is 10.1. The lowest BCUT2D eigenvalue weighted by Crippen LogP contribution is -2.22. The van der Waals surface area contributed by atoms with Gasteiger partial charge in [-0.15, -0.1) is 11.3 Å². The molecule has 2 aromatic carbocycles. The number of benzene rings is 2. The van der Waals surface area contributed by atoms with Gasteiger partial charge in [0.1, 0.15) is 0 Å². The number of hydrogen-bond donors (Lipinski definition) is 1. The van der Waals surface area contributed by atoms with Gasteiger partial charge in [-0.3, -0.25) is 4.79 Å². The number of para-hydroxylation sites is 1. The number of carbonyl (C=O) groups is 2. The van der Waals surface area contributed by atoms with Crippen molar-refractivity contribution in [3.05, 3.63) is 88.8 Å². The number of aromatic nitrogens is 1. The first kappa shape index (κ1) is 18.5. The SMILES string of the molecule is O=C([O-])c1ccc(/C=N\NC(=O)c2cc(-c3cccs3)nc3ccccc23)cc1. The number of thiophene rings is 1. The van der Waals surface area contributed by atoms with Crippen molar-refractivity contribution in [3.8, 4) is 10.6 Å². The van der Waals surface area contributed by atoms with E-state index in [1.54, 1.807) is 29.5 Å². The first-order valence-corrected chi connectivity index (χ1v) is 9.58. The number of nitrogens with zero attached hydrogens (tertiary/aromatic N) is 2. The number of fused-ring (bicyclic) bond motifs is 1. The second kappa shape index (κ2) is 8.04. The van der Waals surface area contributed by atoms with Gasteiger partial charge in [0.2, 0.25) is 0 Å². The maximum absolute atomic E-state index is 12.8. The minimum Gasteiger partial charge on any atom is -0.545 e. The monoisotopic (exact) mass is 400 g/mol. The molecule has 4 aromatic rings. The third-order valence-corrected chi connectivity index (χ3v) is 5.15. The van der Waals surface area contributed by atoms with Gasteiger partial charge in [0.15, 0.2) is 0 Å². The van der Waals surface area contributed by atoms with Gasteiger partial charge < -0.3 is 9.90 Å². The summed E-state index contributed by atoms with van der Waals surface area (Å²) in [6.45, 7) is 0. The second-order valence-electron chi connectivity index (χ2n) is 6.16. The van der Waals surface area contributed by atoms with Crippen LogP contribution < -0.4 is 10.5 Å². The Hall–Kier alpha value is -3.84. The molecule has 0 saturated heterocycles. The Bertz CT molecular complexity index is 1220. The van der Waals surface area contributed by atoms with E-state index in [0.29, 0.717) is 11.1 Å². The number of pyridine rings is 1. The van der Waals surface area contributed by atoms with E-state index in [0.717, 1.165) is 21.5 Å². The van der Waals surface area contributed by atoms with Gasteiger partial charge in [0, 0.05) is 5.39 Å². The summed E-state index contributed by atoms with van der Waals surface area (Å²) < 4.78 is 0. The molecule has 1 amide bonds. The number of amides is 1. The molecule has 0 spiro atoms. The maximum atomic E-state index is 12.8. The topological polar surface area (TPSA) is 94.5 Å². The highest BCUT2D eigenvalue weighted by molar-refractivity contribution is 7.13. The zero-order chi connectivity index (χ0) is 20.2. The molecule has 2 aromatic heterocycles. The number of hydrazone groups is 1. The smallest absolute Gasteiger partial charge is 0.272 e. The zero-order valence-electron chi connectivity index (χ0n) is 15.0. The van der Waals surface area contributed by atoms with E-state index >= 15 is 0 Å². The Balaban J connectivity index is 1.60. The third kappa shape index (κ3) is 4.04. The average Bonchev–Trinajstić information content (AvgIpc) is 3.28. The van der Waals surface area contributed by atoms with E-state index < -0.39 is 5.97 Å². The van der Waals surface area contributed by atoms with Crippen LogP contribution in [-0.2, 0) is 0 Å². The number of hydrogen-bond acceptors (Lipinski definition) is 6. The molecule has 6 nitrogen and oxygen atoms in total. The lowest BCUT2D eigenvalue weighted by Gasteiger charge is -2.08. The van der Waals surface area contributed by atoms with Crippen LogP contribution in [0.15, 0.2) is 77.2 Å². The Kier molecular flexibility index (Phi) is 5.13. The molecule has 0 bridgehead atoms. The van der Waals surface area contributed by atoms with Crippen molar-refractivity contribution in [2.75, 3.05) is 0 Å². The lowest BCUT2D eigenvalue weighted by molar-refractivity contribution is -0.255. The van der Waals surface area contributed by atoms with Crippen LogP contribution in [-0.4, -0.2) is 23.1 Å². The highest BCUT2D eigenvalue weighted by Gasteiger charge is 2.13. The van der Waals surface area contributed by atoms with Gasteiger partial charge in [-0.05, 0) is 34.7 Å². The molecule has 0 unspecified atom stereocenters. The van der Waals surface area contributed by atoms with Crippen LogP contribution in [0.25, 0.3) is 21.5 Å². The van der Waals surface area contributed by atoms with E-state index in [1.165, 1.54) is 18.3 Å². The molecule has 1 N–H and O–H groups in total. The van der Waals surface area contributed by atoms with Crippen LogP contribution in [0.3, 0.4) is 0 Å². The highest BCUT2D eigenvalue weighted by Crippen LogP contribution is 2.27. The average molecular weight is 400 g/mol. The minimum atomic E-state index is -1.24. The number of carbonyl (C=O) groups excluding carboxylic acids is 2. The van der Waals surface area contributed by atoms with E-state index in [4.69, 9.17) is 0 Å². The molecule has 2 heterocycles. The van der Waals surface area contributed by atoms with Gasteiger partial charge in [-0.1, -0.05) is 48.5 Å². The Morgan fingerprint density at radius 3 is 2.55 bits per heavy atom. The molecule has 7 heteroatoms. The molecule has 0 fully saturated rings. The summed E-state index contributed by atoms with van der Waals surface area (Å²) >= 11 is 1.55. The minimum absolute atomic E-state index is 0.0792. The summed E-state index contributed by atoms with van der Waals surface area (Å²) in [5.41, 5.74) is 5.18. The van der Waals surface area contributed by atoms with Gasteiger partial charge in [0.05, 0.1) is 33.8 Å².